The highest BCUT2D eigenvalue weighted by Crippen LogP contribution is 2.31. The third kappa shape index (κ3) is 2.16. The molecular formula is C13H17N3O2S. The van der Waals surface area contributed by atoms with Gasteiger partial charge in [-0.25, -0.2) is 4.98 Å². The maximum Gasteiger partial charge on any atom is 0.110 e. The van der Waals surface area contributed by atoms with Crippen molar-refractivity contribution in [3.8, 4) is 0 Å². The molecule has 6 heteroatoms. The smallest absolute Gasteiger partial charge is 0.110 e. The summed E-state index contributed by atoms with van der Waals surface area (Å²) < 4.78 is 6.48. The van der Waals surface area contributed by atoms with Gasteiger partial charge in [0.25, 0.3) is 0 Å². The van der Waals surface area contributed by atoms with Gasteiger partial charge >= 0.3 is 0 Å². The summed E-state index contributed by atoms with van der Waals surface area (Å²) in [7, 11) is 0. The summed E-state index contributed by atoms with van der Waals surface area (Å²) in [5, 5.41) is 13.7. The van der Waals surface area contributed by atoms with Crippen LogP contribution in [0.4, 0.5) is 11.4 Å². The molecule has 1 aliphatic rings. The van der Waals surface area contributed by atoms with Gasteiger partial charge in [-0.1, -0.05) is 0 Å². The number of rotatable bonds is 3. The van der Waals surface area contributed by atoms with Crippen molar-refractivity contribution in [3.05, 3.63) is 17.6 Å². The molecule has 2 aromatic rings. The molecular weight excluding hydrogens is 262 g/mol. The number of aliphatic hydroxyl groups is 1. The van der Waals surface area contributed by atoms with E-state index in [2.05, 4.69) is 10.3 Å². The molecule has 19 heavy (non-hydrogen) atoms. The molecule has 102 valence electrons. The van der Waals surface area contributed by atoms with E-state index in [0.29, 0.717) is 25.3 Å². The molecule has 3 rings (SSSR count). The van der Waals surface area contributed by atoms with Gasteiger partial charge in [0.1, 0.15) is 11.1 Å². The van der Waals surface area contributed by atoms with E-state index in [-0.39, 0.29) is 6.10 Å². The zero-order valence-electron chi connectivity index (χ0n) is 10.7. The average molecular weight is 279 g/mol. The second-order valence-corrected chi connectivity index (χ2v) is 5.83. The van der Waals surface area contributed by atoms with Crippen LogP contribution in [0.5, 0.6) is 0 Å². The summed E-state index contributed by atoms with van der Waals surface area (Å²) in [5.74, 6) is 0. The Kier molecular flexibility index (Phi) is 3.08. The average Bonchev–Trinajstić information content (AvgIpc) is 2.98. The Balaban J connectivity index is 1.80. The number of anilines is 2. The minimum absolute atomic E-state index is 0.163. The molecule has 0 radical (unpaired) electrons. The first-order valence-electron chi connectivity index (χ1n) is 6.30. The van der Waals surface area contributed by atoms with Gasteiger partial charge in [-0.05, 0) is 19.1 Å². The van der Waals surface area contributed by atoms with E-state index >= 15 is 0 Å². The molecule has 0 spiro atoms. The number of nitrogen functional groups attached to an aromatic ring is 1. The summed E-state index contributed by atoms with van der Waals surface area (Å²) in [6.07, 6.45) is 0.476. The van der Waals surface area contributed by atoms with Crippen LogP contribution in [0.25, 0.3) is 10.2 Å². The normalized spacial score (nSPS) is 26.9. The van der Waals surface area contributed by atoms with E-state index < -0.39 is 5.60 Å². The van der Waals surface area contributed by atoms with E-state index in [9.17, 15) is 5.11 Å². The van der Waals surface area contributed by atoms with Crippen LogP contribution >= 0.6 is 11.3 Å². The van der Waals surface area contributed by atoms with Crippen LogP contribution in [0.15, 0.2) is 17.6 Å². The molecule has 1 fully saturated rings. The molecule has 0 aliphatic carbocycles. The van der Waals surface area contributed by atoms with Crippen LogP contribution in [0.1, 0.15) is 13.3 Å². The Morgan fingerprint density at radius 1 is 1.63 bits per heavy atom. The number of nitrogens with zero attached hydrogens (tertiary/aromatic N) is 1. The van der Waals surface area contributed by atoms with Crippen LogP contribution < -0.4 is 11.1 Å². The second kappa shape index (κ2) is 4.63. The Labute approximate surface area is 115 Å². The van der Waals surface area contributed by atoms with E-state index in [1.807, 2.05) is 19.1 Å². The molecule has 0 amide bonds. The first-order valence-corrected chi connectivity index (χ1v) is 7.18. The summed E-state index contributed by atoms with van der Waals surface area (Å²) in [6, 6.07) is 3.92. The van der Waals surface area contributed by atoms with Gasteiger partial charge in [0.15, 0.2) is 0 Å². The minimum atomic E-state index is -0.830. The molecule has 2 heterocycles. The van der Waals surface area contributed by atoms with Gasteiger partial charge in [0.05, 0.1) is 27.7 Å². The van der Waals surface area contributed by atoms with Crippen LogP contribution in [0.3, 0.4) is 0 Å². The van der Waals surface area contributed by atoms with Gasteiger partial charge < -0.3 is 20.9 Å². The van der Waals surface area contributed by atoms with Gasteiger partial charge in [0.2, 0.25) is 0 Å². The predicted octanol–water partition coefficient (Wildman–Crippen LogP) is 1.83. The predicted molar refractivity (Wildman–Crippen MR) is 77.5 cm³/mol. The third-order valence-electron chi connectivity index (χ3n) is 3.79. The molecule has 2 atom stereocenters. The number of ether oxygens (including phenoxy) is 1. The largest absolute Gasteiger partial charge is 0.395 e. The molecule has 0 bridgehead atoms. The fourth-order valence-electron chi connectivity index (χ4n) is 2.36. The van der Waals surface area contributed by atoms with Gasteiger partial charge in [-0.2, -0.15) is 0 Å². The molecule has 0 saturated carbocycles. The molecule has 1 aliphatic heterocycles. The van der Waals surface area contributed by atoms with Crippen molar-refractivity contribution in [2.45, 2.75) is 25.0 Å². The number of nitrogens with two attached hydrogens (primary N) is 1. The van der Waals surface area contributed by atoms with Crippen molar-refractivity contribution in [2.24, 2.45) is 0 Å². The van der Waals surface area contributed by atoms with Gasteiger partial charge in [-0.15, -0.1) is 11.3 Å². The molecule has 5 nitrogen and oxygen atoms in total. The number of fused-ring (bicyclic) bond motifs is 1. The summed E-state index contributed by atoms with van der Waals surface area (Å²) in [4.78, 5) is 4.26. The lowest BCUT2D eigenvalue weighted by atomic mass is 9.96. The molecule has 1 saturated heterocycles. The molecule has 1 aromatic carbocycles. The monoisotopic (exact) mass is 279 g/mol. The number of aromatic nitrogens is 1. The lowest BCUT2D eigenvalue weighted by Gasteiger charge is -2.27. The standard InChI is InChI=1S/C13H17N3O2S/c1-8-13(17,4-5-18-8)6-15-9-2-3-10-12(11(9)14)16-7-19-10/h2-3,7-8,15,17H,4-6,14H2,1H3. The maximum absolute atomic E-state index is 10.4. The number of hydrogen-bond donors (Lipinski definition) is 3. The molecule has 2 unspecified atom stereocenters. The van der Waals surface area contributed by atoms with Crippen LogP contribution in [-0.2, 0) is 4.74 Å². The number of nitrogens with one attached hydrogen (secondary N) is 1. The van der Waals surface area contributed by atoms with Crippen molar-refractivity contribution in [1.29, 1.82) is 0 Å². The van der Waals surface area contributed by atoms with E-state index in [1.165, 1.54) is 0 Å². The zero-order chi connectivity index (χ0) is 13.5. The van der Waals surface area contributed by atoms with Crippen molar-refractivity contribution >= 4 is 32.9 Å². The lowest BCUT2D eigenvalue weighted by Crippen LogP contribution is -2.43. The van der Waals surface area contributed by atoms with Gasteiger partial charge in [-0.3, -0.25) is 0 Å². The first kappa shape index (κ1) is 12.7. The molecule has 4 N–H and O–H groups in total. The maximum atomic E-state index is 10.4. The Hall–Kier alpha value is -1.37. The SMILES string of the molecule is CC1OCCC1(O)CNc1ccc2scnc2c1N. The van der Waals surface area contributed by atoms with E-state index in [1.54, 1.807) is 16.8 Å². The van der Waals surface area contributed by atoms with Crippen LogP contribution in [0, 0.1) is 0 Å². The quantitative estimate of drug-likeness (QED) is 0.747. The van der Waals surface area contributed by atoms with Crippen LogP contribution in [-0.4, -0.2) is 34.9 Å². The van der Waals surface area contributed by atoms with Gasteiger partial charge in [0, 0.05) is 19.6 Å². The highest BCUT2D eigenvalue weighted by molar-refractivity contribution is 7.16. The first-order chi connectivity index (χ1) is 9.10. The fourth-order valence-corrected chi connectivity index (χ4v) is 3.05. The second-order valence-electron chi connectivity index (χ2n) is 4.95. The fraction of sp³-hybridized carbons (Fsp3) is 0.462. The number of benzene rings is 1. The van der Waals surface area contributed by atoms with E-state index in [0.717, 1.165) is 15.9 Å². The summed E-state index contributed by atoms with van der Waals surface area (Å²) in [6.45, 7) is 2.91. The Bertz CT molecular complexity index is 601. The van der Waals surface area contributed by atoms with E-state index in [4.69, 9.17) is 10.5 Å². The van der Waals surface area contributed by atoms with Crippen molar-refractivity contribution < 1.29 is 9.84 Å². The summed E-state index contributed by atoms with van der Waals surface area (Å²) in [5.41, 5.74) is 9.31. The summed E-state index contributed by atoms with van der Waals surface area (Å²) >= 11 is 1.56. The third-order valence-corrected chi connectivity index (χ3v) is 4.58. The number of thiazole rings is 1. The van der Waals surface area contributed by atoms with Crippen molar-refractivity contribution in [2.75, 3.05) is 24.2 Å². The highest BCUT2D eigenvalue weighted by atomic mass is 32.1. The van der Waals surface area contributed by atoms with Crippen molar-refractivity contribution in [3.63, 3.8) is 0 Å². The zero-order valence-corrected chi connectivity index (χ0v) is 11.5. The lowest BCUT2D eigenvalue weighted by molar-refractivity contribution is -0.0175. The topological polar surface area (TPSA) is 80.4 Å². The Morgan fingerprint density at radius 3 is 3.21 bits per heavy atom. The van der Waals surface area contributed by atoms with Crippen LogP contribution in [0.2, 0.25) is 0 Å². The van der Waals surface area contributed by atoms with Crippen molar-refractivity contribution in [1.82, 2.24) is 4.98 Å². The minimum Gasteiger partial charge on any atom is -0.395 e. The highest BCUT2D eigenvalue weighted by Gasteiger charge is 2.39. The number of hydrogen-bond acceptors (Lipinski definition) is 6. The Morgan fingerprint density at radius 2 is 2.47 bits per heavy atom. The molecule has 1 aromatic heterocycles.